The second kappa shape index (κ2) is 5.03. The highest BCUT2D eigenvalue weighted by Gasteiger charge is 2.09. The van der Waals surface area contributed by atoms with Crippen molar-refractivity contribution in [3.63, 3.8) is 0 Å². The largest absolute Gasteiger partial charge is 0.478 e. The van der Waals surface area contributed by atoms with Crippen molar-refractivity contribution >= 4 is 11.7 Å². The first-order valence-corrected chi connectivity index (χ1v) is 4.47. The number of aromatic carboxylic acids is 1. The van der Waals surface area contributed by atoms with Crippen LogP contribution in [0.2, 0.25) is 0 Å². The van der Waals surface area contributed by atoms with Crippen molar-refractivity contribution in [1.82, 2.24) is 0 Å². The maximum Gasteiger partial charge on any atom is 0.337 e. The lowest BCUT2D eigenvalue weighted by Crippen LogP contribution is -2.03. The smallest absolute Gasteiger partial charge is 0.337 e. The van der Waals surface area contributed by atoms with E-state index in [-0.39, 0.29) is 5.56 Å². The Morgan fingerprint density at radius 1 is 1.47 bits per heavy atom. The van der Waals surface area contributed by atoms with Gasteiger partial charge in [0, 0.05) is 18.7 Å². The Morgan fingerprint density at radius 3 is 2.80 bits per heavy atom. The standard InChI is InChI=1S/C11H12N2O2/c12-7-2-1-4-8-9(11(14)15)5-3-6-10(8)13/h3,5-6H,2,7,12-13H2,(H,14,15). The van der Waals surface area contributed by atoms with Crippen LogP contribution in [0, 0.1) is 11.8 Å². The average molecular weight is 204 g/mol. The highest BCUT2D eigenvalue weighted by molar-refractivity contribution is 5.92. The van der Waals surface area contributed by atoms with Crippen LogP contribution < -0.4 is 11.5 Å². The van der Waals surface area contributed by atoms with Gasteiger partial charge in [-0.05, 0) is 12.1 Å². The van der Waals surface area contributed by atoms with Crippen molar-refractivity contribution in [1.29, 1.82) is 0 Å². The van der Waals surface area contributed by atoms with Crippen LogP contribution in [0.3, 0.4) is 0 Å². The zero-order valence-corrected chi connectivity index (χ0v) is 8.16. The van der Waals surface area contributed by atoms with E-state index in [0.29, 0.717) is 24.2 Å². The number of hydrogen-bond donors (Lipinski definition) is 3. The van der Waals surface area contributed by atoms with E-state index in [0.717, 1.165) is 0 Å². The minimum atomic E-state index is -1.03. The van der Waals surface area contributed by atoms with Gasteiger partial charge >= 0.3 is 5.97 Å². The third-order valence-electron chi connectivity index (χ3n) is 1.81. The van der Waals surface area contributed by atoms with Gasteiger partial charge in [-0.2, -0.15) is 0 Å². The van der Waals surface area contributed by atoms with Crippen molar-refractivity contribution < 1.29 is 9.90 Å². The summed E-state index contributed by atoms with van der Waals surface area (Å²) in [6.07, 6.45) is 0.521. The number of rotatable bonds is 2. The molecule has 0 amide bonds. The lowest BCUT2D eigenvalue weighted by atomic mass is 10.1. The molecular weight excluding hydrogens is 192 g/mol. The van der Waals surface area contributed by atoms with Gasteiger partial charge in [0.25, 0.3) is 0 Å². The fourth-order valence-electron chi connectivity index (χ4n) is 1.11. The first-order valence-electron chi connectivity index (χ1n) is 4.47. The molecule has 4 nitrogen and oxygen atoms in total. The first kappa shape index (κ1) is 11.1. The van der Waals surface area contributed by atoms with E-state index in [2.05, 4.69) is 11.8 Å². The summed E-state index contributed by atoms with van der Waals surface area (Å²) in [5, 5.41) is 8.90. The Bertz CT molecular complexity index is 430. The summed E-state index contributed by atoms with van der Waals surface area (Å²) in [5.41, 5.74) is 11.8. The van der Waals surface area contributed by atoms with Gasteiger partial charge in [0.2, 0.25) is 0 Å². The molecule has 1 aromatic rings. The summed E-state index contributed by atoms with van der Waals surface area (Å²) >= 11 is 0. The van der Waals surface area contributed by atoms with Gasteiger partial charge in [-0.15, -0.1) is 0 Å². The number of benzene rings is 1. The Hall–Kier alpha value is -1.99. The molecule has 0 aliphatic heterocycles. The van der Waals surface area contributed by atoms with Crippen LogP contribution in [-0.4, -0.2) is 17.6 Å². The molecule has 1 rings (SSSR count). The number of carbonyl (C=O) groups is 1. The molecule has 0 heterocycles. The van der Waals surface area contributed by atoms with Gasteiger partial charge in [0.05, 0.1) is 11.1 Å². The summed E-state index contributed by atoms with van der Waals surface area (Å²) in [6.45, 7) is 0.447. The van der Waals surface area contributed by atoms with Gasteiger partial charge in [0.1, 0.15) is 0 Å². The van der Waals surface area contributed by atoms with Crippen LogP contribution in [0.15, 0.2) is 18.2 Å². The van der Waals surface area contributed by atoms with Crippen molar-refractivity contribution in [2.24, 2.45) is 5.73 Å². The van der Waals surface area contributed by atoms with Crippen LogP contribution >= 0.6 is 0 Å². The van der Waals surface area contributed by atoms with Crippen LogP contribution in [0.5, 0.6) is 0 Å². The molecule has 0 radical (unpaired) electrons. The molecule has 0 aliphatic rings. The quantitative estimate of drug-likeness (QED) is 0.488. The van der Waals surface area contributed by atoms with E-state index >= 15 is 0 Å². The van der Waals surface area contributed by atoms with E-state index in [4.69, 9.17) is 16.6 Å². The minimum Gasteiger partial charge on any atom is -0.478 e. The summed E-state index contributed by atoms with van der Waals surface area (Å²) in [6, 6.07) is 4.69. The number of carboxylic acid groups (broad SMARTS) is 1. The fourth-order valence-corrected chi connectivity index (χ4v) is 1.11. The molecule has 0 fully saturated rings. The zero-order chi connectivity index (χ0) is 11.3. The second-order valence-corrected chi connectivity index (χ2v) is 2.92. The number of hydrogen-bond acceptors (Lipinski definition) is 3. The second-order valence-electron chi connectivity index (χ2n) is 2.92. The van der Waals surface area contributed by atoms with E-state index in [1.165, 1.54) is 6.07 Å². The number of nitrogens with two attached hydrogens (primary N) is 2. The summed E-state index contributed by atoms with van der Waals surface area (Å²) < 4.78 is 0. The molecular formula is C11H12N2O2. The van der Waals surface area contributed by atoms with Crippen molar-refractivity contribution in [3.8, 4) is 11.8 Å². The van der Waals surface area contributed by atoms with Gasteiger partial charge < -0.3 is 16.6 Å². The number of nitrogen functional groups attached to an aromatic ring is 1. The normalized spacial score (nSPS) is 9.13. The SMILES string of the molecule is NCCC#Cc1c(N)cccc1C(=O)O. The topological polar surface area (TPSA) is 89.3 Å². The molecule has 0 unspecified atom stereocenters. The summed E-state index contributed by atoms with van der Waals surface area (Å²) in [4.78, 5) is 10.9. The highest BCUT2D eigenvalue weighted by atomic mass is 16.4. The fraction of sp³-hybridized carbons (Fsp3) is 0.182. The molecule has 15 heavy (non-hydrogen) atoms. The van der Waals surface area contributed by atoms with Crippen molar-refractivity contribution in [2.75, 3.05) is 12.3 Å². The number of anilines is 1. The van der Waals surface area contributed by atoms with Gasteiger partial charge in [0.15, 0.2) is 0 Å². The molecule has 4 heteroatoms. The maximum atomic E-state index is 10.9. The monoisotopic (exact) mass is 204 g/mol. The van der Waals surface area contributed by atoms with E-state index in [9.17, 15) is 4.79 Å². The lowest BCUT2D eigenvalue weighted by Gasteiger charge is -2.02. The van der Waals surface area contributed by atoms with Crippen molar-refractivity contribution in [3.05, 3.63) is 29.3 Å². The Kier molecular flexibility index (Phi) is 3.72. The molecule has 1 aromatic carbocycles. The molecule has 78 valence electrons. The number of carboxylic acids is 1. The predicted molar refractivity (Wildman–Crippen MR) is 58.4 cm³/mol. The van der Waals surface area contributed by atoms with E-state index in [1.54, 1.807) is 12.1 Å². The van der Waals surface area contributed by atoms with Gasteiger partial charge in [-0.25, -0.2) is 4.79 Å². The molecule has 5 N–H and O–H groups in total. The molecule has 0 saturated heterocycles. The first-order chi connectivity index (χ1) is 7.16. The van der Waals surface area contributed by atoms with Crippen LogP contribution in [-0.2, 0) is 0 Å². The Labute approximate surface area is 87.9 Å². The molecule has 0 saturated carbocycles. The van der Waals surface area contributed by atoms with Gasteiger partial charge in [-0.3, -0.25) is 0 Å². The Balaban J connectivity index is 3.15. The molecule has 0 atom stereocenters. The molecule has 0 bridgehead atoms. The third-order valence-corrected chi connectivity index (χ3v) is 1.81. The molecule has 0 spiro atoms. The van der Waals surface area contributed by atoms with E-state index in [1.807, 2.05) is 0 Å². The van der Waals surface area contributed by atoms with Gasteiger partial charge in [-0.1, -0.05) is 17.9 Å². The van der Waals surface area contributed by atoms with Crippen molar-refractivity contribution in [2.45, 2.75) is 6.42 Å². The lowest BCUT2D eigenvalue weighted by molar-refractivity contribution is 0.0696. The third kappa shape index (κ3) is 2.73. The van der Waals surface area contributed by atoms with Crippen LogP contribution in [0.25, 0.3) is 0 Å². The zero-order valence-electron chi connectivity index (χ0n) is 8.16. The van der Waals surface area contributed by atoms with Crippen LogP contribution in [0.4, 0.5) is 5.69 Å². The molecule has 0 aromatic heterocycles. The summed E-state index contributed by atoms with van der Waals surface area (Å²) in [5.74, 6) is 4.47. The predicted octanol–water partition coefficient (Wildman–Crippen LogP) is 0.667. The molecule has 0 aliphatic carbocycles. The minimum absolute atomic E-state index is 0.125. The highest BCUT2D eigenvalue weighted by Crippen LogP contribution is 2.15. The Morgan fingerprint density at radius 2 is 2.20 bits per heavy atom. The maximum absolute atomic E-state index is 10.9. The average Bonchev–Trinajstić information content (AvgIpc) is 2.20. The van der Waals surface area contributed by atoms with Crippen LogP contribution in [0.1, 0.15) is 22.3 Å². The van der Waals surface area contributed by atoms with E-state index < -0.39 is 5.97 Å². The summed E-state index contributed by atoms with van der Waals surface area (Å²) in [7, 11) is 0.